The highest BCUT2D eigenvalue weighted by atomic mass is 32.2. The van der Waals surface area contributed by atoms with Crippen molar-refractivity contribution in [2.24, 2.45) is 5.41 Å². The summed E-state index contributed by atoms with van der Waals surface area (Å²) in [5.74, 6) is 0.491. The van der Waals surface area contributed by atoms with Crippen LogP contribution in [0.4, 0.5) is 11.4 Å². The Hall–Kier alpha value is -3.15. The molecule has 36 heavy (non-hydrogen) atoms. The second-order valence-electron chi connectivity index (χ2n) is 10.5. The van der Waals surface area contributed by atoms with E-state index < -0.39 is 16.7 Å². The van der Waals surface area contributed by atoms with E-state index >= 15 is 0 Å². The molecule has 2 aromatic heterocycles. The van der Waals surface area contributed by atoms with Crippen LogP contribution in [0.25, 0.3) is 17.0 Å². The Morgan fingerprint density at radius 1 is 1.00 bits per heavy atom. The summed E-state index contributed by atoms with van der Waals surface area (Å²) in [4.78, 5) is 19.0. The number of nitrogens with zero attached hydrogens (tertiary/aromatic N) is 3. The fourth-order valence-corrected chi connectivity index (χ4v) is 4.87. The first-order valence-corrected chi connectivity index (χ1v) is 13.3. The topological polar surface area (TPSA) is 127 Å². The normalized spacial score (nSPS) is 13.1. The molecule has 1 amide bonds. The fraction of sp³-hybridized carbons (Fsp3) is 0.320. The fourth-order valence-electron chi connectivity index (χ4n) is 3.36. The van der Waals surface area contributed by atoms with E-state index in [9.17, 15) is 13.6 Å². The number of hydrogen-bond donors (Lipinski definition) is 3. The molecular formula is C25H29N6O3S2-. The molecule has 0 aliphatic rings. The number of amides is 1. The summed E-state index contributed by atoms with van der Waals surface area (Å²) in [7, 11) is 0. The van der Waals surface area contributed by atoms with Crippen molar-refractivity contribution in [3.63, 3.8) is 0 Å². The molecule has 2 heterocycles. The van der Waals surface area contributed by atoms with E-state index in [4.69, 9.17) is 4.98 Å². The lowest BCUT2D eigenvalue weighted by Crippen LogP contribution is -2.27. The first-order chi connectivity index (χ1) is 16.8. The van der Waals surface area contributed by atoms with Gasteiger partial charge in [0.1, 0.15) is 0 Å². The third-order valence-electron chi connectivity index (χ3n) is 5.36. The van der Waals surface area contributed by atoms with Crippen LogP contribution in [-0.4, -0.2) is 34.5 Å². The zero-order valence-corrected chi connectivity index (χ0v) is 22.6. The smallest absolute Gasteiger partial charge is 0.229 e. The molecule has 11 heteroatoms. The lowest BCUT2D eigenvalue weighted by atomic mass is 9.92. The molecule has 0 spiro atoms. The minimum Gasteiger partial charge on any atom is -0.755 e. The van der Waals surface area contributed by atoms with E-state index in [0.717, 1.165) is 26.7 Å². The summed E-state index contributed by atoms with van der Waals surface area (Å²) in [5.41, 5.74) is 3.05. The molecule has 0 fully saturated rings. The van der Waals surface area contributed by atoms with Crippen LogP contribution in [0.5, 0.6) is 0 Å². The third-order valence-corrected chi connectivity index (χ3v) is 6.86. The second-order valence-corrected chi connectivity index (χ2v) is 12.2. The molecule has 1 unspecified atom stereocenters. The molecule has 190 valence electrons. The van der Waals surface area contributed by atoms with Gasteiger partial charge in [0.25, 0.3) is 0 Å². The highest BCUT2D eigenvalue weighted by molar-refractivity contribution is 7.99. The molecule has 0 aliphatic carbocycles. The van der Waals surface area contributed by atoms with Crippen molar-refractivity contribution in [1.82, 2.24) is 19.8 Å². The number of rotatable bonds is 6. The summed E-state index contributed by atoms with van der Waals surface area (Å²) in [6.07, 6.45) is 0. The maximum absolute atomic E-state index is 12.3. The van der Waals surface area contributed by atoms with Crippen LogP contribution in [0.3, 0.4) is 0 Å². The molecule has 0 saturated carbocycles. The van der Waals surface area contributed by atoms with Crippen LogP contribution in [-0.2, 0) is 21.5 Å². The molecular weight excluding hydrogens is 496 g/mol. The number of fused-ring (bicyclic) bond motifs is 1. The van der Waals surface area contributed by atoms with Crippen LogP contribution >= 0.6 is 11.8 Å². The van der Waals surface area contributed by atoms with Crippen molar-refractivity contribution in [3.8, 4) is 11.4 Å². The first kappa shape index (κ1) is 25.9. The number of aromatic nitrogens is 4. The Balaban J connectivity index is 1.64. The second kappa shape index (κ2) is 9.72. The standard InChI is InChI=1S/C25H30N6O3S2/c1-24(2,3)20-19(35-18-13-11-16(12-14-18)26-23(32)25(4,5)6)22-27-21(29-31(22)28-20)15-7-9-17(10-8-15)30-36(33)34/h7-14,28,30H,1-6H3,(H,26,32)(H,33,34)/p-1. The maximum Gasteiger partial charge on any atom is 0.229 e. The summed E-state index contributed by atoms with van der Waals surface area (Å²) >= 11 is -0.798. The Bertz CT molecular complexity index is 1410. The molecule has 4 rings (SSSR count). The Morgan fingerprint density at radius 3 is 2.17 bits per heavy atom. The number of aromatic amines is 1. The van der Waals surface area contributed by atoms with Crippen molar-refractivity contribution in [1.29, 1.82) is 0 Å². The van der Waals surface area contributed by atoms with Crippen LogP contribution in [0.2, 0.25) is 0 Å². The predicted molar refractivity (Wildman–Crippen MR) is 143 cm³/mol. The minimum atomic E-state index is -2.38. The van der Waals surface area contributed by atoms with E-state index in [1.807, 2.05) is 45.0 Å². The predicted octanol–water partition coefficient (Wildman–Crippen LogP) is 5.36. The molecule has 0 bridgehead atoms. The zero-order chi connectivity index (χ0) is 26.3. The van der Waals surface area contributed by atoms with E-state index in [1.54, 1.807) is 40.7 Å². The minimum absolute atomic E-state index is 0.0358. The Labute approximate surface area is 216 Å². The quantitative estimate of drug-likeness (QED) is 0.291. The Kier molecular flexibility index (Phi) is 7.00. The lowest BCUT2D eigenvalue weighted by Gasteiger charge is -2.18. The SMILES string of the molecule is CC(C)(C)C(=O)Nc1ccc(Sc2c(C(C)(C)C)[nH]n3nc(-c4ccc(NS(=O)[O-])cc4)nc23)cc1. The lowest BCUT2D eigenvalue weighted by molar-refractivity contribution is -0.123. The number of hydrogen-bond acceptors (Lipinski definition) is 6. The van der Waals surface area contributed by atoms with E-state index in [2.05, 4.69) is 41.0 Å². The zero-order valence-electron chi connectivity index (χ0n) is 21.0. The van der Waals surface area contributed by atoms with Gasteiger partial charge in [0.05, 0.1) is 10.6 Å². The van der Waals surface area contributed by atoms with Gasteiger partial charge in [-0.3, -0.25) is 14.1 Å². The van der Waals surface area contributed by atoms with Gasteiger partial charge in [0.2, 0.25) is 5.91 Å². The van der Waals surface area contributed by atoms with Gasteiger partial charge in [-0.1, -0.05) is 53.3 Å². The monoisotopic (exact) mass is 525 g/mol. The van der Waals surface area contributed by atoms with E-state index in [-0.39, 0.29) is 11.3 Å². The summed E-state index contributed by atoms with van der Waals surface area (Å²) in [5, 5.41) is 11.0. The summed E-state index contributed by atoms with van der Waals surface area (Å²) in [6.45, 7) is 12.0. The molecule has 0 radical (unpaired) electrons. The van der Waals surface area contributed by atoms with Crippen molar-refractivity contribution in [2.75, 3.05) is 10.0 Å². The number of H-pyrrole nitrogens is 1. The van der Waals surface area contributed by atoms with Gasteiger partial charge in [0, 0.05) is 43.9 Å². The molecule has 2 aromatic carbocycles. The van der Waals surface area contributed by atoms with Gasteiger partial charge in [-0.25, -0.2) is 4.98 Å². The number of anilines is 2. The number of benzene rings is 2. The van der Waals surface area contributed by atoms with Gasteiger partial charge in [0.15, 0.2) is 11.5 Å². The van der Waals surface area contributed by atoms with Gasteiger partial charge in [-0.15, -0.1) is 5.10 Å². The van der Waals surface area contributed by atoms with Crippen molar-refractivity contribution in [2.45, 2.75) is 56.7 Å². The van der Waals surface area contributed by atoms with Crippen molar-refractivity contribution < 1.29 is 13.6 Å². The molecule has 3 N–H and O–H groups in total. The number of nitrogens with one attached hydrogen (secondary N) is 3. The highest BCUT2D eigenvalue weighted by Crippen LogP contribution is 2.39. The molecule has 1 atom stereocenters. The average Bonchev–Trinajstić information content (AvgIpc) is 3.34. The first-order valence-electron chi connectivity index (χ1n) is 11.4. The number of carbonyl (C=O) groups is 1. The van der Waals surface area contributed by atoms with Crippen LogP contribution < -0.4 is 10.0 Å². The van der Waals surface area contributed by atoms with Crippen molar-refractivity contribution in [3.05, 3.63) is 54.2 Å². The molecule has 4 aromatic rings. The van der Waals surface area contributed by atoms with Crippen LogP contribution in [0, 0.1) is 5.41 Å². The number of carbonyl (C=O) groups excluding carboxylic acids is 1. The maximum atomic E-state index is 12.3. The molecule has 0 aliphatic heterocycles. The van der Waals surface area contributed by atoms with Crippen molar-refractivity contribution >= 4 is 46.0 Å². The van der Waals surface area contributed by atoms with Gasteiger partial charge >= 0.3 is 0 Å². The van der Waals surface area contributed by atoms with Gasteiger partial charge in [-0.05, 0) is 48.5 Å². The summed E-state index contributed by atoms with van der Waals surface area (Å²) in [6, 6.07) is 14.6. The molecule has 0 saturated heterocycles. The van der Waals surface area contributed by atoms with Crippen LogP contribution in [0.1, 0.15) is 47.2 Å². The van der Waals surface area contributed by atoms with Crippen LogP contribution in [0.15, 0.2) is 58.3 Å². The largest absolute Gasteiger partial charge is 0.755 e. The summed E-state index contributed by atoms with van der Waals surface area (Å²) < 4.78 is 25.7. The van der Waals surface area contributed by atoms with Gasteiger partial charge < -0.3 is 14.6 Å². The highest BCUT2D eigenvalue weighted by Gasteiger charge is 2.26. The Morgan fingerprint density at radius 2 is 1.61 bits per heavy atom. The third kappa shape index (κ3) is 5.80. The van der Waals surface area contributed by atoms with E-state index in [0.29, 0.717) is 17.2 Å². The molecule has 9 nitrogen and oxygen atoms in total. The van der Waals surface area contributed by atoms with Gasteiger partial charge in [-0.2, -0.15) is 4.63 Å². The average molecular weight is 526 g/mol. The van der Waals surface area contributed by atoms with E-state index in [1.165, 1.54) is 0 Å².